The molecule has 1 aromatic carbocycles. The van der Waals surface area contributed by atoms with Gasteiger partial charge in [0.1, 0.15) is 5.76 Å². The number of oxazole rings is 1. The molecular formula is C13H16N2O. The Balaban J connectivity index is 2.44. The predicted molar refractivity (Wildman–Crippen MR) is 65.1 cm³/mol. The van der Waals surface area contributed by atoms with Gasteiger partial charge in [-0.1, -0.05) is 32.9 Å². The Morgan fingerprint density at radius 3 is 2.44 bits per heavy atom. The van der Waals surface area contributed by atoms with E-state index in [9.17, 15) is 0 Å². The van der Waals surface area contributed by atoms with Gasteiger partial charge in [-0.15, -0.1) is 0 Å². The van der Waals surface area contributed by atoms with Gasteiger partial charge in [0.2, 0.25) is 5.89 Å². The number of nitrogen functional groups attached to an aromatic ring is 1. The second-order valence-corrected chi connectivity index (χ2v) is 4.87. The first-order chi connectivity index (χ1) is 7.48. The third kappa shape index (κ3) is 1.94. The lowest BCUT2D eigenvalue weighted by Crippen LogP contribution is -2.09. The molecule has 0 fully saturated rings. The lowest BCUT2D eigenvalue weighted by Gasteiger charge is -2.13. The molecule has 2 aromatic rings. The van der Waals surface area contributed by atoms with E-state index in [1.165, 1.54) is 0 Å². The van der Waals surface area contributed by atoms with Crippen LogP contribution in [0, 0.1) is 0 Å². The predicted octanol–water partition coefficient (Wildman–Crippen LogP) is 3.22. The van der Waals surface area contributed by atoms with Gasteiger partial charge in [0.25, 0.3) is 0 Å². The minimum Gasteiger partial charge on any atom is -0.441 e. The SMILES string of the molecule is CC(C)(C)c1cnc(-c2ccccc2N)o1. The minimum absolute atomic E-state index is 0.0329. The molecule has 0 bridgehead atoms. The van der Waals surface area contributed by atoms with Crippen molar-refractivity contribution < 1.29 is 4.42 Å². The second-order valence-electron chi connectivity index (χ2n) is 4.87. The number of rotatable bonds is 1. The molecule has 0 spiro atoms. The first kappa shape index (κ1) is 10.7. The maximum atomic E-state index is 5.87. The van der Waals surface area contributed by atoms with Crippen molar-refractivity contribution >= 4 is 5.69 Å². The number of aromatic nitrogens is 1. The molecule has 0 unspecified atom stereocenters. The molecule has 0 saturated heterocycles. The van der Waals surface area contributed by atoms with Crippen molar-refractivity contribution in [2.75, 3.05) is 5.73 Å². The maximum Gasteiger partial charge on any atom is 0.228 e. The zero-order valence-electron chi connectivity index (χ0n) is 9.82. The second kappa shape index (κ2) is 3.67. The molecule has 1 aromatic heterocycles. The molecule has 0 atom stereocenters. The molecule has 0 saturated carbocycles. The largest absolute Gasteiger partial charge is 0.441 e. The number of hydrogen-bond donors (Lipinski definition) is 1. The average molecular weight is 216 g/mol. The first-order valence-electron chi connectivity index (χ1n) is 5.29. The highest BCUT2D eigenvalue weighted by molar-refractivity contribution is 5.70. The molecule has 3 nitrogen and oxygen atoms in total. The first-order valence-corrected chi connectivity index (χ1v) is 5.29. The van der Waals surface area contributed by atoms with Crippen molar-refractivity contribution in [2.24, 2.45) is 0 Å². The molecule has 0 radical (unpaired) electrons. The summed E-state index contributed by atoms with van der Waals surface area (Å²) < 4.78 is 5.72. The van der Waals surface area contributed by atoms with Crippen molar-refractivity contribution in [2.45, 2.75) is 26.2 Å². The van der Waals surface area contributed by atoms with E-state index in [0.29, 0.717) is 11.6 Å². The number of nitrogens with zero attached hydrogens (tertiary/aromatic N) is 1. The quantitative estimate of drug-likeness (QED) is 0.744. The van der Waals surface area contributed by atoms with Gasteiger partial charge in [-0.3, -0.25) is 0 Å². The summed E-state index contributed by atoms with van der Waals surface area (Å²) in [5.41, 5.74) is 7.37. The van der Waals surface area contributed by atoms with Gasteiger partial charge in [0.15, 0.2) is 0 Å². The highest BCUT2D eigenvalue weighted by Gasteiger charge is 2.20. The zero-order chi connectivity index (χ0) is 11.8. The smallest absolute Gasteiger partial charge is 0.228 e. The van der Waals surface area contributed by atoms with Gasteiger partial charge in [-0.25, -0.2) is 4.98 Å². The van der Waals surface area contributed by atoms with Crippen molar-refractivity contribution in [1.29, 1.82) is 0 Å². The normalized spacial score (nSPS) is 11.7. The lowest BCUT2D eigenvalue weighted by molar-refractivity contribution is 0.416. The van der Waals surface area contributed by atoms with Crippen molar-refractivity contribution in [3.63, 3.8) is 0 Å². The Labute approximate surface area is 95.3 Å². The van der Waals surface area contributed by atoms with Gasteiger partial charge in [-0.2, -0.15) is 0 Å². The zero-order valence-corrected chi connectivity index (χ0v) is 9.82. The standard InChI is InChI=1S/C13H16N2O/c1-13(2,3)11-8-15-12(16-11)9-6-4-5-7-10(9)14/h4-8H,14H2,1-3H3. The monoisotopic (exact) mass is 216 g/mol. The Morgan fingerprint density at radius 2 is 1.88 bits per heavy atom. The molecule has 2 N–H and O–H groups in total. The van der Waals surface area contributed by atoms with E-state index < -0.39 is 0 Å². The third-order valence-corrected chi connectivity index (χ3v) is 2.44. The van der Waals surface area contributed by atoms with E-state index in [4.69, 9.17) is 10.2 Å². The molecular weight excluding hydrogens is 200 g/mol. The third-order valence-electron chi connectivity index (χ3n) is 2.44. The Kier molecular flexibility index (Phi) is 2.46. The molecule has 3 heteroatoms. The van der Waals surface area contributed by atoms with Crippen LogP contribution >= 0.6 is 0 Å². The van der Waals surface area contributed by atoms with Gasteiger partial charge in [0.05, 0.1) is 11.8 Å². The topological polar surface area (TPSA) is 52.0 Å². The van der Waals surface area contributed by atoms with Crippen LogP contribution in [0.25, 0.3) is 11.5 Å². The fourth-order valence-electron chi connectivity index (χ4n) is 1.44. The highest BCUT2D eigenvalue weighted by atomic mass is 16.4. The van der Waals surface area contributed by atoms with E-state index in [2.05, 4.69) is 25.8 Å². The number of hydrogen-bond acceptors (Lipinski definition) is 3. The summed E-state index contributed by atoms with van der Waals surface area (Å²) in [6.07, 6.45) is 1.77. The van der Waals surface area contributed by atoms with Gasteiger partial charge in [-0.05, 0) is 12.1 Å². The van der Waals surface area contributed by atoms with E-state index >= 15 is 0 Å². The number of anilines is 1. The molecule has 2 rings (SSSR count). The van der Waals surface area contributed by atoms with Crippen molar-refractivity contribution in [1.82, 2.24) is 4.98 Å². The molecule has 16 heavy (non-hydrogen) atoms. The Hall–Kier alpha value is -1.77. The Morgan fingerprint density at radius 1 is 1.19 bits per heavy atom. The molecule has 0 aliphatic carbocycles. The van der Waals surface area contributed by atoms with Crippen molar-refractivity contribution in [3.8, 4) is 11.5 Å². The Bertz CT molecular complexity index is 495. The van der Waals surface area contributed by atoms with E-state index in [1.54, 1.807) is 6.20 Å². The summed E-state index contributed by atoms with van der Waals surface area (Å²) in [4.78, 5) is 4.27. The van der Waals surface area contributed by atoms with Crippen LogP contribution in [-0.4, -0.2) is 4.98 Å². The number of nitrogens with two attached hydrogens (primary N) is 1. The fraction of sp³-hybridized carbons (Fsp3) is 0.308. The molecule has 0 aliphatic heterocycles. The van der Waals surface area contributed by atoms with Crippen LogP contribution in [0.1, 0.15) is 26.5 Å². The summed E-state index contributed by atoms with van der Waals surface area (Å²) in [5.74, 6) is 1.45. The van der Waals surface area contributed by atoms with Crippen LogP contribution < -0.4 is 5.73 Å². The molecule has 0 amide bonds. The molecule has 0 aliphatic rings. The van der Waals surface area contributed by atoms with E-state index in [0.717, 1.165) is 11.3 Å². The summed E-state index contributed by atoms with van der Waals surface area (Å²) >= 11 is 0. The van der Waals surface area contributed by atoms with Gasteiger partial charge < -0.3 is 10.2 Å². The fourth-order valence-corrected chi connectivity index (χ4v) is 1.44. The maximum absolute atomic E-state index is 5.87. The van der Waals surface area contributed by atoms with Crippen LogP contribution in [0.15, 0.2) is 34.9 Å². The molecule has 84 valence electrons. The van der Waals surface area contributed by atoms with Crippen LogP contribution in [0.3, 0.4) is 0 Å². The highest BCUT2D eigenvalue weighted by Crippen LogP contribution is 2.29. The summed E-state index contributed by atoms with van der Waals surface area (Å²) in [6, 6.07) is 7.57. The van der Waals surface area contributed by atoms with Crippen LogP contribution in [0.2, 0.25) is 0 Å². The molecule has 1 heterocycles. The average Bonchev–Trinajstić information content (AvgIpc) is 2.66. The number of para-hydroxylation sites is 1. The van der Waals surface area contributed by atoms with Gasteiger partial charge >= 0.3 is 0 Å². The van der Waals surface area contributed by atoms with Crippen LogP contribution in [0.4, 0.5) is 5.69 Å². The van der Waals surface area contributed by atoms with Gasteiger partial charge in [0, 0.05) is 11.1 Å². The summed E-state index contributed by atoms with van der Waals surface area (Å²) in [7, 11) is 0. The lowest BCUT2D eigenvalue weighted by atomic mass is 9.94. The van der Waals surface area contributed by atoms with Crippen LogP contribution in [0.5, 0.6) is 0 Å². The van der Waals surface area contributed by atoms with E-state index in [-0.39, 0.29) is 5.41 Å². The summed E-state index contributed by atoms with van der Waals surface area (Å²) in [6.45, 7) is 6.27. The van der Waals surface area contributed by atoms with Crippen molar-refractivity contribution in [3.05, 3.63) is 36.2 Å². The van der Waals surface area contributed by atoms with Crippen LogP contribution in [-0.2, 0) is 5.41 Å². The van der Waals surface area contributed by atoms with E-state index in [1.807, 2.05) is 24.3 Å². The minimum atomic E-state index is -0.0329. The number of benzene rings is 1. The summed E-state index contributed by atoms with van der Waals surface area (Å²) in [5, 5.41) is 0.